The maximum absolute atomic E-state index is 15.4. The van der Waals surface area contributed by atoms with Crippen molar-refractivity contribution in [3.63, 3.8) is 0 Å². The molecule has 12 heteroatoms. The number of fused-ring (bicyclic) bond motifs is 2. The molecule has 1 aliphatic rings. The lowest BCUT2D eigenvalue weighted by Gasteiger charge is -2.28. The van der Waals surface area contributed by atoms with Crippen molar-refractivity contribution in [2.45, 2.75) is 51.5 Å². The van der Waals surface area contributed by atoms with Crippen LogP contribution < -0.4 is 11.1 Å². The minimum atomic E-state index is -0.440. The van der Waals surface area contributed by atoms with E-state index in [9.17, 15) is 0 Å². The highest BCUT2D eigenvalue weighted by Crippen LogP contribution is 2.41. The Labute approximate surface area is 228 Å². The summed E-state index contributed by atoms with van der Waals surface area (Å²) in [5.41, 5.74) is 12.3. The molecule has 0 bridgehead atoms. The van der Waals surface area contributed by atoms with Crippen molar-refractivity contribution in [2.75, 3.05) is 11.1 Å². The lowest BCUT2D eigenvalue weighted by molar-refractivity contribution is 0.322. The van der Waals surface area contributed by atoms with E-state index in [1.807, 2.05) is 38.2 Å². The number of halogens is 1. The van der Waals surface area contributed by atoms with Crippen molar-refractivity contribution < 1.29 is 8.81 Å². The Morgan fingerprint density at radius 3 is 2.73 bits per heavy atom. The fraction of sp³-hybridized carbons (Fsp3) is 0.286. The summed E-state index contributed by atoms with van der Waals surface area (Å²) in [6.45, 7) is 3.97. The minimum absolute atomic E-state index is 0.214. The zero-order valence-corrected chi connectivity index (χ0v) is 22.0. The van der Waals surface area contributed by atoms with E-state index in [0.717, 1.165) is 59.4 Å². The van der Waals surface area contributed by atoms with Crippen LogP contribution in [0.1, 0.15) is 54.6 Å². The number of nitrogens with zero attached hydrogens (tertiary/aromatic N) is 7. The van der Waals surface area contributed by atoms with Crippen LogP contribution in [0.2, 0.25) is 0 Å². The average molecular weight is 539 g/mol. The molecule has 7 rings (SSSR count). The van der Waals surface area contributed by atoms with Gasteiger partial charge in [-0.15, -0.1) is 10.2 Å². The second-order valence-electron chi connectivity index (χ2n) is 10.5. The second-order valence-corrected chi connectivity index (χ2v) is 10.5. The number of tetrazole rings is 1. The summed E-state index contributed by atoms with van der Waals surface area (Å²) in [5, 5.41) is 18.3. The van der Waals surface area contributed by atoms with Gasteiger partial charge in [0, 0.05) is 23.7 Å². The van der Waals surface area contributed by atoms with Gasteiger partial charge in [-0.25, -0.2) is 14.4 Å². The Bertz CT molecular complexity index is 1850. The fourth-order valence-corrected chi connectivity index (χ4v) is 5.89. The molecule has 0 amide bonds. The van der Waals surface area contributed by atoms with Gasteiger partial charge in [0.15, 0.2) is 11.4 Å². The molecule has 0 spiro atoms. The molecule has 0 aliphatic heterocycles. The van der Waals surface area contributed by atoms with Gasteiger partial charge in [0.05, 0.1) is 11.1 Å². The molecule has 0 atom stereocenters. The van der Waals surface area contributed by atoms with Gasteiger partial charge in [-0.3, -0.25) is 0 Å². The smallest absolute Gasteiger partial charge is 0.300 e. The van der Waals surface area contributed by atoms with Gasteiger partial charge in [-0.1, -0.05) is 17.3 Å². The van der Waals surface area contributed by atoms with Gasteiger partial charge in [-0.2, -0.15) is 10.2 Å². The number of oxazole rings is 1. The van der Waals surface area contributed by atoms with Gasteiger partial charge in [0.1, 0.15) is 29.1 Å². The van der Waals surface area contributed by atoms with Crippen LogP contribution in [0, 0.1) is 19.7 Å². The molecule has 0 unspecified atom stereocenters. The van der Waals surface area contributed by atoms with E-state index in [0.29, 0.717) is 22.4 Å². The van der Waals surface area contributed by atoms with E-state index in [4.69, 9.17) is 10.2 Å². The third-order valence-corrected chi connectivity index (χ3v) is 7.80. The Morgan fingerprint density at radius 2 is 1.95 bits per heavy atom. The van der Waals surface area contributed by atoms with E-state index in [-0.39, 0.29) is 23.7 Å². The first-order valence-corrected chi connectivity index (χ1v) is 13.2. The predicted molar refractivity (Wildman–Crippen MR) is 149 cm³/mol. The van der Waals surface area contributed by atoms with Crippen LogP contribution >= 0.6 is 0 Å². The number of benzene rings is 2. The Kier molecular flexibility index (Phi) is 5.68. The third kappa shape index (κ3) is 4.12. The SMILES string of the molecule is Cc1cc(C)c2oc(Nc3ccc(-c4cn(C5CCC(c6nn[nH]n6)CC5)c5ncnc(N)c45)cc3F)nc2c1. The van der Waals surface area contributed by atoms with Crippen LogP contribution in [0.3, 0.4) is 0 Å². The molecule has 4 aromatic heterocycles. The van der Waals surface area contributed by atoms with Crippen LogP contribution in [0.5, 0.6) is 0 Å². The first kappa shape index (κ1) is 24.2. The normalized spacial score (nSPS) is 17.6. The number of hydrogen-bond donors (Lipinski definition) is 3. The highest BCUT2D eigenvalue weighted by atomic mass is 19.1. The monoisotopic (exact) mass is 538 g/mol. The van der Waals surface area contributed by atoms with Crippen molar-refractivity contribution in [3.8, 4) is 11.1 Å². The molecule has 0 radical (unpaired) electrons. The van der Waals surface area contributed by atoms with E-state index in [1.54, 1.807) is 6.07 Å². The first-order valence-electron chi connectivity index (χ1n) is 13.2. The number of anilines is 3. The van der Waals surface area contributed by atoms with Crippen LogP contribution in [0.4, 0.5) is 21.9 Å². The van der Waals surface area contributed by atoms with Gasteiger partial charge in [-0.05, 0) is 74.4 Å². The summed E-state index contributed by atoms with van der Waals surface area (Å²) in [6.07, 6.45) is 7.20. The standard InChI is InChI=1S/C28H27FN10O/c1-14-9-15(2)24-22(10-14)34-28(40-24)33-21-8-5-17(11-20(21)29)19-12-39(27-23(19)25(30)31-13-32-27)18-6-3-16(4-7-18)26-35-37-38-36-26/h5,8-13,16,18H,3-4,6-7H2,1-2H3,(H,33,34)(H2,30,31,32)(H,35,36,37,38). The Balaban J connectivity index is 1.19. The zero-order valence-electron chi connectivity index (χ0n) is 22.0. The summed E-state index contributed by atoms with van der Waals surface area (Å²) in [5.74, 6) is 0.957. The van der Waals surface area contributed by atoms with Crippen molar-refractivity contribution in [2.24, 2.45) is 0 Å². The maximum atomic E-state index is 15.4. The number of H-pyrrole nitrogens is 1. The number of nitrogens with one attached hydrogen (secondary N) is 2. The number of aromatic nitrogens is 8. The summed E-state index contributed by atoms with van der Waals surface area (Å²) >= 11 is 0. The molecule has 1 fully saturated rings. The van der Waals surface area contributed by atoms with Crippen molar-refractivity contribution in [3.05, 3.63) is 65.6 Å². The van der Waals surface area contributed by atoms with E-state index in [1.165, 1.54) is 12.4 Å². The molecule has 40 heavy (non-hydrogen) atoms. The second kappa shape index (κ2) is 9.40. The van der Waals surface area contributed by atoms with Crippen LogP contribution in [-0.4, -0.2) is 40.1 Å². The zero-order chi connectivity index (χ0) is 27.4. The van der Waals surface area contributed by atoms with Crippen molar-refractivity contribution >= 4 is 39.7 Å². The molecule has 1 saturated carbocycles. The number of nitrogen functional groups attached to an aromatic ring is 1. The molecule has 202 valence electrons. The molecule has 2 aromatic carbocycles. The van der Waals surface area contributed by atoms with Gasteiger partial charge < -0.3 is 20.0 Å². The van der Waals surface area contributed by atoms with Gasteiger partial charge in [0.2, 0.25) is 0 Å². The molecular weight excluding hydrogens is 511 g/mol. The van der Waals surface area contributed by atoms with Gasteiger partial charge >= 0.3 is 0 Å². The molecule has 0 saturated heterocycles. The van der Waals surface area contributed by atoms with E-state index >= 15 is 4.39 Å². The number of aromatic amines is 1. The summed E-state index contributed by atoms with van der Waals surface area (Å²) in [4.78, 5) is 13.3. The van der Waals surface area contributed by atoms with Crippen LogP contribution in [0.25, 0.3) is 33.3 Å². The van der Waals surface area contributed by atoms with Crippen LogP contribution in [-0.2, 0) is 0 Å². The number of aryl methyl sites for hydroxylation is 2. The predicted octanol–water partition coefficient (Wildman–Crippen LogP) is 5.73. The van der Waals surface area contributed by atoms with E-state index in [2.05, 4.69) is 45.5 Å². The number of rotatable bonds is 5. The number of nitrogens with two attached hydrogens (primary N) is 1. The average Bonchev–Trinajstić information content (AvgIpc) is 3.69. The molecule has 4 heterocycles. The minimum Gasteiger partial charge on any atom is -0.423 e. The molecule has 4 N–H and O–H groups in total. The Morgan fingerprint density at radius 1 is 1.10 bits per heavy atom. The summed E-state index contributed by atoms with van der Waals surface area (Å²) in [6, 6.07) is 9.43. The Hall–Kier alpha value is -4.87. The molecular formula is C28H27FN10O. The lowest BCUT2D eigenvalue weighted by Crippen LogP contribution is -2.18. The fourth-order valence-electron chi connectivity index (χ4n) is 5.89. The molecule has 11 nitrogen and oxygen atoms in total. The quantitative estimate of drug-likeness (QED) is 0.250. The largest absolute Gasteiger partial charge is 0.423 e. The lowest BCUT2D eigenvalue weighted by atomic mass is 9.85. The van der Waals surface area contributed by atoms with E-state index < -0.39 is 5.82 Å². The van der Waals surface area contributed by atoms with Gasteiger partial charge in [0.25, 0.3) is 6.01 Å². The summed E-state index contributed by atoms with van der Waals surface area (Å²) < 4.78 is 23.5. The molecule has 6 aromatic rings. The maximum Gasteiger partial charge on any atom is 0.300 e. The molecule has 1 aliphatic carbocycles. The summed E-state index contributed by atoms with van der Waals surface area (Å²) in [7, 11) is 0. The highest BCUT2D eigenvalue weighted by molar-refractivity contribution is 6.00. The number of hydrogen-bond acceptors (Lipinski definition) is 9. The van der Waals surface area contributed by atoms with Crippen molar-refractivity contribution in [1.82, 2.24) is 40.1 Å². The highest BCUT2D eigenvalue weighted by Gasteiger charge is 2.28. The third-order valence-electron chi connectivity index (χ3n) is 7.80. The first-order chi connectivity index (χ1) is 19.4. The van der Waals surface area contributed by atoms with Crippen molar-refractivity contribution in [1.29, 1.82) is 0 Å². The van der Waals surface area contributed by atoms with Crippen LogP contribution in [0.15, 0.2) is 47.3 Å². The topological polar surface area (TPSA) is 149 Å².